The summed E-state index contributed by atoms with van der Waals surface area (Å²) in [5.41, 5.74) is 6.15. The van der Waals surface area contributed by atoms with Crippen molar-refractivity contribution < 1.29 is 69.0 Å². The molecule has 2 fully saturated rings. The van der Waals surface area contributed by atoms with E-state index in [0.717, 1.165) is 6.26 Å². The number of likely N-dealkylation sites (tertiary alicyclic amines) is 1. The number of esters is 1. The number of ether oxygens (including phenoxy) is 5. The third-order valence-electron chi connectivity index (χ3n) is 8.76. The average Bonchev–Trinajstić information content (AvgIpc) is 3.09. The van der Waals surface area contributed by atoms with Crippen molar-refractivity contribution in [2.24, 2.45) is 34.4 Å². The van der Waals surface area contributed by atoms with Crippen molar-refractivity contribution in [3.8, 4) is 0 Å². The van der Waals surface area contributed by atoms with Crippen molar-refractivity contribution in [1.82, 2.24) is 15.5 Å². The minimum Gasteiger partial charge on any atom is -0.481 e. The molecule has 2 saturated heterocycles. The standard InChI is InChI=1S/C31H51N5O14/c1-4-18-19(7-6-17-12-36(9-11-38)13-20(26(41)42)23(17)35-30(32)34-8-5-10-37)21(27(43)46-3)15-47-28(18)50-29-25(48-16-33-2)31(44,45)24(40)22(14-39)49-29/h4,6-7,15,17-20,22-25,28-29,33,37-40,44-45H,1,5,8-14,16H2,2-3H3,(H,41,42)(H3,32,34,35)/t17?,18-,19+,20?,22-,23?,24-,25-,28-,29+/m1/s1. The molecule has 0 aliphatic carbocycles. The molecule has 284 valence electrons. The van der Waals surface area contributed by atoms with Crippen molar-refractivity contribution in [1.29, 1.82) is 0 Å². The van der Waals surface area contributed by atoms with Gasteiger partial charge in [-0.15, -0.1) is 6.58 Å². The van der Waals surface area contributed by atoms with Gasteiger partial charge in [-0.2, -0.15) is 0 Å². The molecule has 0 saturated carbocycles. The summed E-state index contributed by atoms with van der Waals surface area (Å²) in [6, 6.07) is -0.777. The maximum absolute atomic E-state index is 12.9. The van der Waals surface area contributed by atoms with E-state index in [1.165, 1.54) is 20.2 Å². The number of aliphatic carboxylic acids is 1. The Labute approximate surface area is 289 Å². The summed E-state index contributed by atoms with van der Waals surface area (Å²) in [6.07, 6.45) is -1.82. The number of β-amino-alcohol motifs (C(OH)–C–C–N with tert-alkyl or cyclic N) is 1. The molecule has 0 bridgehead atoms. The second-order valence-corrected chi connectivity index (χ2v) is 12.1. The normalized spacial score (nSPS) is 33.4. The van der Waals surface area contributed by atoms with Crippen LogP contribution in [0.25, 0.3) is 0 Å². The van der Waals surface area contributed by atoms with Gasteiger partial charge in [0.05, 0.1) is 56.8 Å². The monoisotopic (exact) mass is 717 g/mol. The molecule has 0 aromatic heterocycles. The van der Waals surface area contributed by atoms with Gasteiger partial charge >= 0.3 is 11.9 Å². The van der Waals surface area contributed by atoms with Gasteiger partial charge < -0.3 is 70.5 Å². The van der Waals surface area contributed by atoms with E-state index in [9.17, 15) is 40.2 Å². The lowest BCUT2D eigenvalue weighted by molar-refractivity contribution is -0.410. The Kier molecular flexibility index (Phi) is 16.0. The topological polar surface area (TPSA) is 288 Å². The summed E-state index contributed by atoms with van der Waals surface area (Å²) in [6.45, 7) is 3.39. The number of piperidine rings is 1. The Morgan fingerprint density at radius 2 is 1.94 bits per heavy atom. The smallest absolute Gasteiger partial charge is 0.337 e. The molecular formula is C31H51N5O14. The van der Waals surface area contributed by atoms with Gasteiger partial charge in [-0.3, -0.25) is 20.0 Å². The van der Waals surface area contributed by atoms with Crippen LogP contribution in [0.4, 0.5) is 0 Å². The van der Waals surface area contributed by atoms with Crippen LogP contribution >= 0.6 is 0 Å². The Hall–Kier alpha value is -3.21. The molecule has 10 atom stereocenters. The van der Waals surface area contributed by atoms with Crippen LogP contribution in [-0.4, -0.2) is 168 Å². The quantitative estimate of drug-likeness (QED) is 0.0171. The first-order valence-electron chi connectivity index (χ1n) is 16.2. The summed E-state index contributed by atoms with van der Waals surface area (Å²) in [7, 11) is 2.71. The van der Waals surface area contributed by atoms with E-state index in [-0.39, 0.29) is 51.1 Å². The molecule has 0 radical (unpaired) electrons. The van der Waals surface area contributed by atoms with E-state index >= 15 is 0 Å². The molecular weight excluding hydrogens is 666 g/mol. The minimum absolute atomic E-state index is 0.0139. The molecule has 19 heteroatoms. The first kappa shape index (κ1) is 41.2. The first-order chi connectivity index (χ1) is 23.9. The number of hydrogen-bond donors (Lipinski definition) is 10. The van der Waals surface area contributed by atoms with Crippen molar-refractivity contribution >= 4 is 17.9 Å². The van der Waals surface area contributed by atoms with Gasteiger partial charge in [-0.25, -0.2) is 4.79 Å². The third kappa shape index (κ3) is 9.98. The first-order valence-corrected chi connectivity index (χ1v) is 16.2. The molecule has 3 aliphatic heterocycles. The molecule has 0 spiro atoms. The number of carboxylic acid groups (broad SMARTS) is 1. The predicted molar refractivity (Wildman–Crippen MR) is 173 cm³/mol. The van der Waals surface area contributed by atoms with Gasteiger partial charge in [-0.05, 0) is 13.5 Å². The van der Waals surface area contributed by atoms with E-state index < -0.39 is 84.9 Å². The van der Waals surface area contributed by atoms with Gasteiger partial charge in [0.25, 0.3) is 0 Å². The number of allylic oxidation sites excluding steroid dienone is 1. The number of aliphatic hydroxyl groups excluding tert-OH is 4. The molecule has 19 nitrogen and oxygen atoms in total. The van der Waals surface area contributed by atoms with Crippen LogP contribution < -0.4 is 16.4 Å². The Balaban J connectivity index is 2.00. The fourth-order valence-electron chi connectivity index (χ4n) is 6.18. The number of nitrogens with zero attached hydrogens (tertiary/aromatic N) is 2. The Bertz CT molecular complexity index is 1220. The van der Waals surface area contributed by atoms with Gasteiger partial charge in [0.2, 0.25) is 12.1 Å². The lowest BCUT2D eigenvalue weighted by Crippen LogP contribution is -2.69. The Morgan fingerprint density at radius 3 is 2.54 bits per heavy atom. The molecule has 0 aromatic carbocycles. The van der Waals surface area contributed by atoms with Crippen LogP contribution in [0.1, 0.15) is 6.42 Å². The average molecular weight is 718 g/mol. The molecule has 3 heterocycles. The largest absolute Gasteiger partial charge is 0.481 e. The van der Waals surface area contributed by atoms with Crippen LogP contribution in [0.5, 0.6) is 0 Å². The molecule has 0 aromatic rings. The van der Waals surface area contributed by atoms with Crippen molar-refractivity contribution in [3.63, 3.8) is 0 Å². The molecule has 3 unspecified atom stereocenters. The fourth-order valence-corrected chi connectivity index (χ4v) is 6.18. The third-order valence-corrected chi connectivity index (χ3v) is 8.76. The molecule has 50 heavy (non-hydrogen) atoms. The lowest BCUT2D eigenvalue weighted by atomic mass is 9.79. The molecule has 3 aliphatic rings. The minimum atomic E-state index is -2.93. The van der Waals surface area contributed by atoms with Crippen LogP contribution in [-0.2, 0) is 33.3 Å². The second-order valence-electron chi connectivity index (χ2n) is 12.1. The number of rotatable bonds is 17. The van der Waals surface area contributed by atoms with Crippen LogP contribution in [0.15, 0.2) is 41.6 Å². The zero-order chi connectivity index (χ0) is 37.0. The van der Waals surface area contributed by atoms with Gasteiger partial charge in [0.15, 0.2) is 18.4 Å². The van der Waals surface area contributed by atoms with Crippen molar-refractivity contribution in [3.05, 3.63) is 36.6 Å². The number of guanidine groups is 1. The number of nitrogens with two attached hydrogens (primary N) is 1. The Morgan fingerprint density at radius 1 is 1.20 bits per heavy atom. The number of carbonyl (C=O) groups excluding carboxylic acids is 1. The highest BCUT2D eigenvalue weighted by Crippen LogP contribution is 2.38. The van der Waals surface area contributed by atoms with Gasteiger partial charge in [0, 0.05) is 44.6 Å². The number of nitrogens with one attached hydrogen (secondary N) is 2. The number of aliphatic imine (C=N–C) groups is 1. The number of carbonyl (C=O) groups is 2. The number of hydrogen-bond acceptors (Lipinski definition) is 16. The van der Waals surface area contributed by atoms with E-state index in [1.54, 1.807) is 17.1 Å². The number of aliphatic hydroxyl groups is 6. The summed E-state index contributed by atoms with van der Waals surface area (Å²) in [5, 5.41) is 76.4. The molecule has 11 N–H and O–H groups in total. The number of carboxylic acids is 1. The molecule has 3 rings (SSSR count). The SMILES string of the molecule is C=C[C@H]1[C@@H](O[C@@H]2O[C@H](CO)[C@@H](O)C(O)(O)[C@@H]2OCNC)OC=C(C(=O)OC)[C@H]1C=CC1CN(CCO)CC(C(=O)O)C1NC(N)=NCCCO. The maximum atomic E-state index is 12.9. The van der Waals surface area contributed by atoms with Crippen LogP contribution in [0, 0.1) is 23.7 Å². The van der Waals surface area contributed by atoms with E-state index in [2.05, 4.69) is 22.2 Å². The van der Waals surface area contributed by atoms with E-state index in [0.29, 0.717) is 13.0 Å². The highest BCUT2D eigenvalue weighted by molar-refractivity contribution is 5.89. The fraction of sp³-hybridized carbons (Fsp3) is 0.710. The van der Waals surface area contributed by atoms with Gasteiger partial charge in [0.1, 0.15) is 12.2 Å². The lowest BCUT2D eigenvalue weighted by Gasteiger charge is -2.47. The summed E-state index contributed by atoms with van der Waals surface area (Å²) in [4.78, 5) is 31.4. The van der Waals surface area contributed by atoms with Gasteiger partial charge in [-0.1, -0.05) is 18.2 Å². The highest BCUT2D eigenvalue weighted by atomic mass is 16.8. The van der Waals surface area contributed by atoms with Crippen molar-refractivity contribution in [2.45, 2.75) is 49.1 Å². The van der Waals surface area contributed by atoms with Crippen molar-refractivity contribution in [2.75, 3.05) is 66.9 Å². The molecule has 0 amide bonds. The highest BCUT2D eigenvalue weighted by Gasteiger charge is 2.57. The summed E-state index contributed by atoms with van der Waals surface area (Å²) < 4.78 is 28.0. The summed E-state index contributed by atoms with van der Waals surface area (Å²) in [5.74, 6) is -8.09. The van der Waals surface area contributed by atoms with Crippen LogP contribution in [0.3, 0.4) is 0 Å². The summed E-state index contributed by atoms with van der Waals surface area (Å²) >= 11 is 0. The number of methoxy groups -OCH3 is 1. The van der Waals surface area contributed by atoms with E-state index in [1.807, 2.05) is 0 Å². The maximum Gasteiger partial charge on any atom is 0.337 e. The zero-order valence-electron chi connectivity index (χ0n) is 28.1. The van der Waals surface area contributed by atoms with E-state index in [4.69, 9.17) is 34.5 Å². The zero-order valence-corrected chi connectivity index (χ0v) is 28.1. The van der Waals surface area contributed by atoms with Crippen LogP contribution in [0.2, 0.25) is 0 Å². The second kappa shape index (κ2) is 19.4. The predicted octanol–water partition coefficient (Wildman–Crippen LogP) is -4.01.